The number of aliphatic hydroxyl groups excluding tert-OH is 1. The average Bonchev–Trinajstić information content (AvgIpc) is 3.11. The first-order valence-electron chi connectivity index (χ1n) is 6.65. The van der Waals surface area contributed by atoms with Gasteiger partial charge in [-0.3, -0.25) is 0 Å². The third-order valence-corrected chi connectivity index (χ3v) is 3.61. The number of nitrogens with two attached hydrogens (primary N) is 1. The van der Waals surface area contributed by atoms with Gasteiger partial charge in [-0.15, -0.1) is 0 Å². The smallest absolute Gasteiger partial charge is 0.0500 e. The molecule has 0 amide bonds. The minimum Gasteiger partial charge on any atom is -0.396 e. The average molecular weight is 229 g/mol. The molecule has 1 saturated carbocycles. The van der Waals surface area contributed by atoms with Crippen molar-refractivity contribution >= 4 is 0 Å². The van der Waals surface area contributed by atoms with Crippen molar-refractivity contribution in [2.75, 3.05) is 26.4 Å². The topological polar surface area (TPSA) is 55.5 Å². The molecule has 16 heavy (non-hydrogen) atoms. The molecule has 0 radical (unpaired) electrons. The minimum atomic E-state index is -0.0760. The van der Waals surface area contributed by atoms with E-state index in [0.29, 0.717) is 6.54 Å². The van der Waals surface area contributed by atoms with Crippen LogP contribution in [0.1, 0.15) is 45.4 Å². The highest BCUT2D eigenvalue weighted by atomic mass is 16.5. The standard InChI is InChI=1S/C13H27NO2/c1-2-3-7-16-8-6-13(10-14,11-15)9-12-4-5-12/h12,15H,2-11,14H2,1H3. The molecule has 3 heteroatoms. The van der Waals surface area contributed by atoms with Crippen LogP contribution >= 0.6 is 0 Å². The molecule has 3 nitrogen and oxygen atoms in total. The van der Waals surface area contributed by atoms with Gasteiger partial charge in [0.05, 0.1) is 0 Å². The minimum absolute atomic E-state index is 0.0760. The van der Waals surface area contributed by atoms with Gasteiger partial charge >= 0.3 is 0 Å². The van der Waals surface area contributed by atoms with Gasteiger partial charge < -0.3 is 15.6 Å². The van der Waals surface area contributed by atoms with Crippen molar-refractivity contribution in [1.29, 1.82) is 0 Å². The monoisotopic (exact) mass is 229 g/mol. The lowest BCUT2D eigenvalue weighted by Crippen LogP contribution is -2.36. The third kappa shape index (κ3) is 4.81. The Labute approximate surface area is 99.4 Å². The van der Waals surface area contributed by atoms with Gasteiger partial charge in [0.1, 0.15) is 0 Å². The van der Waals surface area contributed by atoms with E-state index in [0.717, 1.165) is 38.4 Å². The van der Waals surface area contributed by atoms with Crippen molar-refractivity contribution in [3.8, 4) is 0 Å². The fraction of sp³-hybridized carbons (Fsp3) is 1.00. The Morgan fingerprint density at radius 2 is 2.12 bits per heavy atom. The lowest BCUT2D eigenvalue weighted by molar-refractivity contribution is 0.0515. The molecule has 96 valence electrons. The summed E-state index contributed by atoms with van der Waals surface area (Å²) in [5.41, 5.74) is 5.74. The molecule has 0 aliphatic heterocycles. The zero-order valence-electron chi connectivity index (χ0n) is 10.6. The number of rotatable bonds is 10. The van der Waals surface area contributed by atoms with Crippen molar-refractivity contribution in [2.24, 2.45) is 17.1 Å². The summed E-state index contributed by atoms with van der Waals surface area (Å²) >= 11 is 0. The van der Waals surface area contributed by atoms with Crippen molar-refractivity contribution in [2.45, 2.75) is 45.4 Å². The van der Waals surface area contributed by atoms with Crippen LogP contribution in [0, 0.1) is 11.3 Å². The van der Waals surface area contributed by atoms with Crippen molar-refractivity contribution in [3.05, 3.63) is 0 Å². The van der Waals surface area contributed by atoms with Crippen LogP contribution in [0.4, 0.5) is 0 Å². The van der Waals surface area contributed by atoms with Crippen LogP contribution in [-0.4, -0.2) is 31.5 Å². The maximum absolute atomic E-state index is 9.52. The van der Waals surface area contributed by atoms with Gasteiger partial charge in [0, 0.05) is 31.8 Å². The summed E-state index contributed by atoms with van der Waals surface area (Å²) in [5.74, 6) is 0.811. The first-order chi connectivity index (χ1) is 7.76. The number of hydrogen-bond donors (Lipinski definition) is 2. The van der Waals surface area contributed by atoms with Gasteiger partial charge in [0.15, 0.2) is 0 Å². The Balaban J connectivity index is 2.20. The molecule has 1 aliphatic carbocycles. The summed E-state index contributed by atoms with van der Waals surface area (Å²) in [6.45, 7) is 4.53. The highest BCUT2D eigenvalue weighted by Crippen LogP contribution is 2.41. The fourth-order valence-electron chi connectivity index (χ4n) is 2.07. The maximum atomic E-state index is 9.52. The van der Waals surface area contributed by atoms with Crippen LogP contribution < -0.4 is 5.73 Å². The Kier molecular flexibility index (Phi) is 6.32. The van der Waals surface area contributed by atoms with Crippen molar-refractivity contribution in [3.63, 3.8) is 0 Å². The number of hydrogen-bond acceptors (Lipinski definition) is 3. The molecule has 0 spiro atoms. The second kappa shape index (κ2) is 7.25. The molecule has 1 rings (SSSR count). The molecule has 1 atom stereocenters. The van der Waals surface area contributed by atoms with E-state index < -0.39 is 0 Å². The SMILES string of the molecule is CCCCOCCC(CN)(CO)CC1CC1. The third-order valence-electron chi connectivity index (χ3n) is 3.61. The van der Waals surface area contributed by atoms with Crippen molar-refractivity contribution < 1.29 is 9.84 Å². The summed E-state index contributed by atoms with van der Waals surface area (Å²) in [6.07, 6.45) is 6.91. The Hall–Kier alpha value is -0.120. The Morgan fingerprint density at radius 1 is 1.38 bits per heavy atom. The second-order valence-corrected chi connectivity index (χ2v) is 5.23. The van der Waals surface area contributed by atoms with E-state index in [2.05, 4.69) is 6.92 Å². The lowest BCUT2D eigenvalue weighted by Gasteiger charge is -2.30. The van der Waals surface area contributed by atoms with Gasteiger partial charge in [-0.05, 0) is 25.2 Å². The summed E-state index contributed by atoms with van der Waals surface area (Å²) in [4.78, 5) is 0. The summed E-state index contributed by atoms with van der Waals surface area (Å²) in [7, 11) is 0. The Bertz CT molecular complexity index is 177. The molecule has 0 heterocycles. The van der Waals surface area contributed by atoms with E-state index in [4.69, 9.17) is 10.5 Å². The van der Waals surface area contributed by atoms with Crippen molar-refractivity contribution in [1.82, 2.24) is 0 Å². The molecule has 0 aromatic carbocycles. The quantitative estimate of drug-likeness (QED) is 0.563. The van der Waals surface area contributed by atoms with Crippen LogP contribution in [0.2, 0.25) is 0 Å². The van der Waals surface area contributed by atoms with E-state index in [1.165, 1.54) is 19.3 Å². The molecular weight excluding hydrogens is 202 g/mol. The van der Waals surface area contributed by atoms with E-state index in [1.807, 2.05) is 0 Å². The molecule has 0 aromatic rings. The first kappa shape index (κ1) is 13.9. The number of unbranched alkanes of at least 4 members (excludes halogenated alkanes) is 1. The van der Waals surface area contributed by atoms with E-state index >= 15 is 0 Å². The molecule has 0 aromatic heterocycles. The van der Waals surface area contributed by atoms with Gasteiger partial charge in [-0.2, -0.15) is 0 Å². The fourth-order valence-corrected chi connectivity index (χ4v) is 2.07. The van der Waals surface area contributed by atoms with Gasteiger partial charge in [-0.1, -0.05) is 26.2 Å². The van der Waals surface area contributed by atoms with Crippen LogP contribution in [0.5, 0.6) is 0 Å². The molecular formula is C13H27NO2. The summed E-state index contributed by atoms with van der Waals surface area (Å²) < 4.78 is 5.57. The van der Waals surface area contributed by atoms with Crippen LogP contribution in [0.15, 0.2) is 0 Å². The van der Waals surface area contributed by atoms with E-state index in [-0.39, 0.29) is 12.0 Å². The predicted molar refractivity (Wildman–Crippen MR) is 66.3 cm³/mol. The molecule has 1 fully saturated rings. The predicted octanol–water partition coefficient (Wildman–Crippen LogP) is 1.93. The molecule has 1 aliphatic rings. The number of ether oxygens (including phenoxy) is 1. The highest BCUT2D eigenvalue weighted by molar-refractivity contribution is 4.87. The molecule has 1 unspecified atom stereocenters. The second-order valence-electron chi connectivity index (χ2n) is 5.23. The maximum Gasteiger partial charge on any atom is 0.0500 e. The van der Waals surface area contributed by atoms with Crippen LogP contribution in [0.3, 0.4) is 0 Å². The van der Waals surface area contributed by atoms with E-state index in [1.54, 1.807) is 0 Å². The molecule has 3 N–H and O–H groups in total. The van der Waals surface area contributed by atoms with Crippen LogP contribution in [0.25, 0.3) is 0 Å². The molecule has 0 bridgehead atoms. The van der Waals surface area contributed by atoms with E-state index in [9.17, 15) is 5.11 Å². The normalized spacial score (nSPS) is 19.7. The lowest BCUT2D eigenvalue weighted by atomic mass is 9.80. The molecule has 0 saturated heterocycles. The zero-order chi connectivity index (χ0) is 11.9. The van der Waals surface area contributed by atoms with Gasteiger partial charge in [0.25, 0.3) is 0 Å². The highest BCUT2D eigenvalue weighted by Gasteiger charge is 2.35. The zero-order valence-corrected chi connectivity index (χ0v) is 10.6. The van der Waals surface area contributed by atoms with Crippen LogP contribution in [-0.2, 0) is 4.74 Å². The summed E-state index contributed by atoms with van der Waals surface area (Å²) in [5, 5.41) is 9.52. The summed E-state index contributed by atoms with van der Waals surface area (Å²) in [6, 6.07) is 0. The first-order valence-corrected chi connectivity index (χ1v) is 6.65. The Morgan fingerprint density at radius 3 is 2.62 bits per heavy atom. The largest absolute Gasteiger partial charge is 0.396 e. The van der Waals surface area contributed by atoms with Gasteiger partial charge in [-0.25, -0.2) is 0 Å². The number of aliphatic hydroxyl groups is 1. The van der Waals surface area contributed by atoms with Gasteiger partial charge in [0.2, 0.25) is 0 Å².